The summed E-state index contributed by atoms with van der Waals surface area (Å²) in [6.07, 6.45) is 8.48. The van der Waals surface area contributed by atoms with Crippen molar-refractivity contribution in [3.63, 3.8) is 0 Å². The van der Waals surface area contributed by atoms with E-state index < -0.39 is 124 Å². The second kappa shape index (κ2) is 35.8. The van der Waals surface area contributed by atoms with Gasteiger partial charge < -0.3 is 89.9 Å². The summed E-state index contributed by atoms with van der Waals surface area (Å²) < 4.78 is 34.0. The van der Waals surface area contributed by atoms with Crippen LogP contribution in [0.25, 0.3) is 0 Å². The van der Waals surface area contributed by atoms with Gasteiger partial charge in [0.05, 0.1) is 38.6 Å². The molecule has 0 aliphatic carbocycles. The molecule has 0 aromatic carbocycles. The van der Waals surface area contributed by atoms with Crippen LogP contribution in [0.1, 0.15) is 136 Å². The average Bonchev–Trinajstić information content (AvgIpc) is 3.35. The number of carbonyl (C=O) groups excluding carboxylic acids is 1. The standard InChI is InChI=1S/C51H89NO18/c1-3-5-7-9-11-13-15-16-17-18-19-21-23-25-27-29-39(57)52-34(35(56)28-26-24-22-20-14-12-10-8-6-4-2)33-65-49-45(63)42(60)47(37(31-54)67-49)70-51-46(64)43(61)48(38(32-55)68-51)69-50-44(62)41(59)40(58)36(30-53)66-50/h6,8,14,16-17,20,26,28,34-38,40-51,53-56,58-64H,3-5,7,9-13,15,18-19,21-25,27,29-33H2,1-2H3,(H,52,57)/b8-6+,17-16-,20-14+,28-26+. The van der Waals surface area contributed by atoms with Crippen molar-refractivity contribution in [2.45, 2.75) is 240 Å². The number of carbonyl (C=O) groups is 1. The van der Waals surface area contributed by atoms with Gasteiger partial charge in [-0.3, -0.25) is 4.79 Å². The molecule has 17 unspecified atom stereocenters. The molecule has 19 heteroatoms. The Balaban J connectivity index is 1.56. The van der Waals surface area contributed by atoms with Crippen LogP contribution in [0, 0.1) is 0 Å². The van der Waals surface area contributed by atoms with Gasteiger partial charge in [-0.25, -0.2) is 0 Å². The summed E-state index contributed by atoms with van der Waals surface area (Å²) in [6.45, 7) is 1.50. The zero-order valence-corrected chi connectivity index (χ0v) is 41.5. The number of allylic oxidation sites excluding steroid dienone is 7. The van der Waals surface area contributed by atoms with Gasteiger partial charge >= 0.3 is 0 Å². The fourth-order valence-corrected chi connectivity index (χ4v) is 8.52. The van der Waals surface area contributed by atoms with Gasteiger partial charge in [0.25, 0.3) is 0 Å². The number of aliphatic hydroxyl groups is 11. The van der Waals surface area contributed by atoms with E-state index in [1.807, 2.05) is 0 Å². The lowest BCUT2D eigenvalue weighted by atomic mass is 9.96. The molecular formula is C51H89NO18. The lowest BCUT2D eigenvalue weighted by Crippen LogP contribution is -2.66. The summed E-state index contributed by atoms with van der Waals surface area (Å²) in [6, 6.07) is -0.997. The zero-order valence-electron chi connectivity index (χ0n) is 41.5. The third-order valence-corrected chi connectivity index (χ3v) is 12.8. The largest absolute Gasteiger partial charge is 0.394 e. The van der Waals surface area contributed by atoms with E-state index in [1.54, 1.807) is 12.2 Å². The molecule has 12 N–H and O–H groups in total. The molecule has 3 aliphatic heterocycles. The topological polar surface area (TPSA) is 307 Å². The molecular weight excluding hydrogens is 915 g/mol. The van der Waals surface area contributed by atoms with Crippen molar-refractivity contribution in [3.8, 4) is 0 Å². The van der Waals surface area contributed by atoms with Gasteiger partial charge in [-0.1, -0.05) is 114 Å². The Hall–Kier alpha value is -2.25. The second-order valence-corrected chi connectivity index (χ2v) is 18.6. The van der Waals surface area contributed by atoms with Crippen molar-refractivity contribution in [2.24, 2.45) is 0 Å². The number of amides is 1. The number of hydrogen-bond acceptors (Lipinski definition) is 18. The minimum Gasteiger partial charge on any atom is -0.394 e. The molecule has 1 amide bonds. The lowest BCUT2D eigenvalue weighted by molar-refractivity contribution is -0.379. The minimum absolute atomic E-state index is 0.220. The highest BCUT2D eigenvalue weighted by atomic mass is 16.8. The molecule has 406 valence electrons. The van der Waals surface area contributed by atoms with Gasteiger partial charge in [0.1, 0.15) is 73.2 Å². The number of unbranched alkanes of at least 4 members (excludes halogenated alkanes) is 13. The third kappa shape index (κ3) is 21.3. The van der Waals surface area contributed by atoms with Gasteiger partial charge in [0, 0.05) is 6.42 Å². The molecule has 19 nitrogen and oxygen atoms in total. The predicted octanol–water partition coefficient (Wildman–Crippen LogP) is 1.97. The third-order valence-electron chi connectivity index (χ3n) is 12.8. The Labute approximate surface area is 414 Å². The van der Waals surface area contributed by atoms with Crippen LogP contribution < -0.4 is 5.32 Å². The fraction of sp³-hybridized carbons (Fsp3) is 0.824. The maximum Gasteiger partial charge on any atom is 0.220 e. The molecule has 70 heavy (non-hydrogen) atoms. The smallest absolute Gasteiger partial charge is 0.220 e. The van der Waals surface area contributed by atoms with Crippen LogP contribution in [0.15, 0.2) is 48.6 Å². The highest BCUT2D eigenvalue weighted by molar-refractivity contribution is 5.76. The SMILES string of the molecule is CC/C=C/CC/C=C/CC/C=C/C(O)C(COC1OC(CO)C(OC2OC(CO)C(OC3OC(CO)C(O)C(O)C3O)C(O)C2O)C(O)C1O)NC(=O)CCCCCCC/C=C\CCCCCCCC. The molecule has 3 aliphatic rings. The monoisotopic (exact) mass is 1000 g/mol. The quantitative estimate of drug-likeness (QED) is 0.0319. The molecule has 3 heterocycles. The molecule has 3 fully saturated rings. The van der Waals surface area contributed by atoms with Crippen molar-refractivity contribution in [1.29, 1.82) is 0 Å². The van der Waals surface area contributed by atoms with Crippen LogP contribution in [-0.2, 0) is 33.2 Å². The fourth-order valence-electron chi connectivity index (χ4n) is 8.52. The Morgan fingerprint density at radius 2 is 0.957 bits per heavy atom. The number of hydrogen-bond donors (Lipinski definition) is 12. The van der Waals surface area contributed by atoms with Gasteiger partial charge in [-0.15, -0.1) is 0 Å². The molecule has 0 radical (unpaired) electrons. The number of rotatable bonds is 35. The van der Waals surface area contributed by atoms with Crippen LogP contribution in [0.5, 0.6) is 0 Å². The number of aliphatic hydroxyl groups excluding tert-OH is 11. The summed E-state index contributed by atoms with van der Waals surface area (Å²) in [5, 5.41) is 119. The van der Waals surface area contributed by atoms with Crippen LogP contribution in [0.3, 0.4) is 0 Å². The molecule has 0 aromatic rings. The van der Waals surface area contributed by atoms with Crippen LogP contribution in [0.4, 0.5) is 0 Å². The van der Waals surface area contributed by atoms with E-state index in [-0.39, 0.29) is 18.9 Å². The first-order valence-corrected chi connectivity index (χ1v) is 25.9. The molecule has 17 atom stereocenters. The van der Waals surface area contributed by atoms with E-state index in [1.165, 1.54) is 38.5 Å². The van der Waals surface area contributed by atoms with Crippen molar-refractivity contribution >= 4 is 5.91 Å². The van der Waals surface area contributed by atoms with Gasteiger partial charge in [-0.2, -0.15) is 0 Å². The Bertz CT molecular complexity index is 1480. The zero-order chi connectivity index (χ0) is 51.3. The van der Waals surface area contributed by atoms with E-state index >= 15 is 0 Å². The normalized spacial score (nSPS) is 33.0. The van der Waals surface area contributed by atoms with E-state index in [0.29, 0.717) is 12.8 Å². The summed E-state index contributed by atoms with van der Waals surface area (Å²) >= 11 is 0. The van der Waals surface area contributed by atoms with E-state index in [2.05, 4.69) is 55.6 Å². The predicted molar refractivity (Wildman–Crippen MR) is 259 cm³/mol. The number of ether oxygens (including phenoxy) is 6. The first-order valence-electron chi connectivity index (χ1n) is 25.9. The maximum absolute atomic E-state index is 13.2. The molecule has 0 saturated carbocycles. The Kier molecular flexibility index (Phi) is 31.8. The highest BCUT2D eigenvalue weighted by Gasteiger charge is 2.53. The van der Waals surface area contributed by atoms with E-state index in [4.69, 9.17) is 28.4 Å². The van der Waals surface area contributed by atoms with E-state index in [0.717, 1.165) is 64.2 Å². The van der Waals surface area contributed by atoms with Crippen molar-refractivity contribution < 1.29 is 89.4 Å². The molecule has 3 rings (SSSR count). The summed E-state index contributed by atoms with van der Waals surface area (Å²) in [7, 11) is 0. The van der Waals surface area contributed by atoms with Crippen molar-refractivity contribution in [1.82, 2.24) is 5.32 Å². The minimum atomic E-state index is -1.98. The van der Waals surface area contributed by atoms with Crippen LogP contribution in [0.2, 0.25) is 0 Å². The molecule has 3 saturated heterocycles. The first-order chi connectivity index (χ1) is 33.8. The number of nitrogens with one attached hydrogen (secondary N) is 1. The van der Waals surface area contributed by atoms with Crippen LogP contribution in [-0.4, -0.2) is 193 Å². The van der Waals surface area contributed by atoms with Crippen molar-refractivity contribution in [2.75, 3.05) is 26.4 Å². The summed E-state index contributed by atoms with van der Waals surface area (Å²) in [5.74, 6) is -0.305. The highest BCUT2D eigenvalue weighted by Crippen LogP contribution is 2.33. The lowest BCUT2D eigenvalue weighted by Gasteiger charge is -2.48. The maximum atomic E-state index is 13.2. The Morgan fingerprint density at radius 1 is 0.514 bits per heavy atom. The van der Waals surface area contributed by atoms with Crippen molar-refractivity contribution in [3.05, 3.63) is 48.6 Å². The Morgan fingerprint density at radius 3 is 1.50 bits per heavy atom. The molecule has 0 spiro atoms. The summed E-state index contributed by atoms with van der Waals surface area (Å²) in [5.41, 5.74) is 0. The van der Waals surface area contributed by atoms with E-state index in [9.17, 15) is 61.0 Å². The average molecular weight is 1000 g/mol. The van der Waals surface area contributed by atoms with Gasteiger partial charge in [0.2, 0.25) is 5.91 Å². The second-order valence-electron chi connectivity index (χ2n) is 18.6. The molecule has 0 aromatic heterocycles. The van der Waals surface area contributed by atoms with Crippen LogP contribution >= 0.6 is 0 Å². The van der Waals surface area contributed by atoms with Gasteiger partial charge in [-0.05, 0) is 64.2 Å². The molecule has 0 bridgehead atoms. The first kappa shape index (κ1) is 62.0. The summed E-state index contributed by atoms with van der Waals surface area (Å²) in [4.78, 5) is 13.2. The van der Waals surface area contributed by atoms with Gasteiger partial charge in [0.15, 0.2) is 18.9 Å².